The molecule has 1 aliphatic heterocycles. The van der Waals surface area contributed by atoms with E-state index in [1.807, 2.05) is 36.4 Å². The first-order chi connectivity index (χ1) is 10.8. The Morgan fingerprint density at radius 3 is 2.41 bits per heavy atom. The number of amides is 1. The second-order valence-electron chi connectivity index (χ2n) is 5.66. The highest BCUT2D eigenvalue weighted by Gasteiger charge is 2.26. The topological polar surface area (TPSA) is 38.3 Å². The van der Waals surface area contributed by atoms with E-state index in [0.717, 1.165) is 24.8 Å². The first kappa shape index (κ1) is 14.8. The van der Waals surface area contributed by atoms with Crippen molar-refractivity contribution in [2.75, 3.05) is 6.61 Å². The Morgan fingerprint density at radius 1 is 1.09 bits per heavy atom. The van der Waals surface area contributed by atoms with Gasteiger partial charge in [-0.2, -0.15) is 0 Å². The second kappa shape index (κ2) is 7.23. The van der Waals surface area contributed by atoms with Crippen molar-refractivity contribution in [3.8, 4) is 0 Å². The molecule has 0 aliphatic carbocycles. The van der Waals surface area contributed by atoms with Crippen LogP contribution < -0.4 is 5.32 Å². The summed E-state index contributed by atoms with van der Waals surface area (Å²) < 4.78 is 5.49. The third-order valence-electron chi connectivity index (χ3n) is 4.02. The summed E-state index contributed by atoms with van der Waals surface area (Å²) in [6.45, 7) is 0.687. The first-order valence-corrected chi connectivity index (χ1v) is 7.84. The first-order valence-electron chi connectivity index (χ1n) is 7.84. The third kappa shape index (κ3) is 3.74. The van der Waals surface area contributed by atoms with Gasteiger partial charge in [-0.25, -0.2) is 0 Å². The maximum absolute atomic E-state index is 12.4. The molecule has 1 saturated heterocycles. The van der Waals surface area contributed by atoms with Crippen LogP contribution in [-0.2, 0) is 16.0 Å². The number of hydrogen-bond acceptors (Lipinski definition) is 2. The van der Waals surface area contributed by atoms with Crippen LogP contribution in [0.4, 0.5) is 0 Å². The molecule has 2 unspecified atom stereocenters. The van der Waals surface area contributed by atoms with E-state index in [2.05, 4.69) is 29.6 Å². The summed E-state index contributed by atoms with van der Waals surface area (Å²) in [6.07, 6.45) is 2.27. The van der Waals surface area contributed by atoms with Crippen LogP contribution in [0.3, 0.4) is 0 Å². The van der Waals surface area contributed by atoms with Crippen molar-refractivity contribution in [2.45, 2.75) is 31.4 Å². The number of nitrogens with one attached hydrogen (secondary N) is 1. The van der Waals surface area contributed by atoms with Crippen molar-refractivity contribution in [1.82, 2.24) is 5.32 Å². The highest BCUT2D eigenvalue weighted by molar-refractivity contribution is 5.81. The Balaban J connectivity index is 1.75. The fourth-order valence-electron chi connectivity index (χ4n) is 2.84. The molecule has 0 saturated carbocycles. The molecular formula is C19H21NO2. The van der Waals surface area contributed by atoms with Crippen LogP contribution in [0.15, 0.2) is 60.7 Å². The summed E-state index contributed by atoms with van der Waals surface area (Å²) in [5.74, 6) is 0.00211. The molecule has 22 heavy (non-hydrogen) atoms. The SMILES string of the molecule is O=C(NC(Cc1ccccc1)c1ccccc1)C1CCCO1. The van der Waals surface area contributed by atoms with Gasteiger partial charge in [0.2, 0.25) is 5.91 Å². The van der Waals surface area contributed by atoms with E-state index in [4.69, 9.17) is 4.74 Å². The summed E-state index contributed by atoms with van der Waals surface area (Å²) >= 11 is 0. The zero-order valence-electron chi connectivity index (χ0n) is 12.6. The van der Waals surface area contributed by atoms with Crippen LogP contribution in [0.1, 0.15) is 30.0 Å². The van der Waals surface area contributed by atoms with E-state index in [9.17, 15) is 4.79 Å². The Morgan fingerprint density at radius 2 is 1.77 bits per heavy atom. The van der Waals surface area contributed by atoms with Crippen molar-refractivity contribution in [3.05, 3.63) is 71.8 Å². The Labute approximate surface area is 131 Å². The van der Waals surface area contributed by atoms with Crippen molar-refractivity contribution in [1.29, 1.82) is 0 Å². The molecule has 2 aromatic rings. The predicted octanol–water partition coefficient (Wildman–Crippen LogP) is 3.27. The maximum Gasteiger partial charge on any atom is 0.249 e. The number of rotatable bonds is 5. The molecule has 2 aromatic carbocycles. The van der Waals surface area contributed by atoms with Gasteiger partial charge < -0.3 is 10.1 Å². The lowest BCUT2D eigenvalue weighted by Gasteiger charge is -2.21. The van der Waals surface area contributed by atoms with Gasteiger partial charge in [0, 0.05) is 6.61 Å². The van der Waals surface area contributed by atoms with E-state index in [-0.39, 0.29) is 18.1 Å². The van der Waals surface area contributed by atoms with Gasteiger partial charge in [-0.05, 0) is 30.4 Å². The van der Waals surface area contributed by atoms with E-state index < -0.39 is 0 Å². The second-order valence-corrected chi connectivity index (χ2v) is 5.66. The van der Waals surface area contributed by atoms with Gasteiger partial charge >= 0.3 is 0 Å². The molecule has 3 heteroatoms. The van der Waals surface area contributed by atoms with Gasteiger partial charge in [-0.1, -0.05) is 60.7 Å². The molecule has 1 fully saturated rings. The lowest BCUT2D eigenvalue weighted by atomic mass is 9.98. The monoisotopic (exact) mass is 295 g/mol. The lowest BCUT2D eigenvalue weighted by Crippen LogP contribution is -2.37. The molecule has 3 nitrogen and oxygen atoms in total. The van der Waals surface area contributed by atoms with E-state index >= 15 is 0 Å². The van der Waals surface area contributed by atoms with E-state index in [1.54, 1.807) is 0 Å². The number of ether oxygens (including phenoxy) is 1. The van der Waals surface area contributed by atoms with Gasteiger partial charge in [0.1, 0.15) is 6.10 Å². The zero-order valence-corrected chi connectivity index (χ0v) is 12.6. The Kier molecular flexibility index (Phi) is 4.86. The molecule has 1 N–H and O–H groups in total. The molecule has 1 amide bonds. The van der Waals surface area contributed by atoms with Crippen LogP contribution in [0, 0.1) is 0 Å². The number of carbonyl (C=O) groups is 1. The highest BCUT2D eigenvalue weighted by atomic mass is 16.5. The van der Waals surface area contributed by atoms with Crippen molar-refractivity contribution in [3.63, 3.8) is 0 Å². The lowest BCUT2D eigenvalue weighted by molar-refractivity contribution is -0.130. The van der Waals surface area contributed by atoms with Crippen molar-refractivity contribution in [2.24, 2.45) is 0 Å². The molecular weight excluding hydrogens is 274 g/mol. The van der Waals surface area contributed by atoms with Crippen molar-refractivity contribution >= 4 is 5.91 Å². The van der Waals surface area contributed by atoms with Crippen LogP contribution in [-0.4, -0.2) is 18.6 Å². The summed E-state index contributed by atoms with van der Waals surface area (Å²) in [6, 6.07) is 20.3. The van der Waals surface area contributed by atoms with Gasteiger partial charge in [-0.3, -0.25) is 4.79 Å². The molecule has 0 spiro atoms. The maximum atomic E-state index is 12.4. The molecule has 0 radical (unpaired) electrons. The van der Waals surface area contributed by atoms with Crippen LogP contribution >= 0.6 is 0 Å². The minimum Gasteiger partial charge on any atom is -0.368 e. The third-order valence-corrected chi connectivity index (χ3v) is 4.02. The average molecular weight is 295 g/mol. The summed E-state index contributed by atoms with van der Waals surface area (Å²) in [7, 11) is 0. The largest absolute Gasteiger partial charge is 0.368 e. The van der Waals surface area contributed by atoms with Gasteiger partial charge in [0.25, 0.3) is 0 Å². The molecule has 0 bridgehead atoms. The molecule has 3 rings (SSSR count). The summed E-state index contributed by atoms with van der Waals surface area (Å²) in [5.41, 5.74) is 2.33. The normalized spacial score (nSPS) is 18.8. The number of hydrogen-bond donors (Lipinski definition) is 1. The van der Waals surface area contributed by atoms with Crippen LogP contribution in [0.5, 0.6) is 0 Å². The molecule has 0 aromatic heterocycles. The van der Waals surface area contributed by atoms with E-state index in [1.165, 1.54) is 5.56 Å². The number of benzene rings is 2. The average Bonchev–Trinajstić information content (AvgIpc) is 3.11. The molecule has 1 aliphatic rings. The summed E-state index contributed by atoms with van der Waals surface area (Å²) in [4.78, 5) is 12.4. The molecule has 1 heterocycles. The minimum atomic E-state index is -0.290. The Bertz CT molecular complexity index is 591. The Hall–Kier alpha value is -2.13. The van der Waals surface area contributed by atoms with Gasteiger partial charge in [-0.15, -0.1) is 0 Å². The fraction of sp³-hybridized carbons (Fsp3) is 0.316. The standard InChI is InChI=1S/C19H21NO2/c21-19(18-12-7-13-22-18)20-17(16-10-5-2-6-11-16)14-15-8-3-1-4-9-15/h1-6,8-11,17-18H,7,12-14H2,(H,20,21). The number of carbonyl (C=O) groups excluding carboxylic acids is 1. The van der Waals surface area contributed by atoms with Crippen LogP contribution in [0.25, 0.3) is 0 Å². The highest BCUT2D eigenvalue weighted by Crippen LogP contribution is 2.20. The molecule has 114 valence electrons. The van der Waals surface area contributed by atoms with Gasteiger partial charge in [0.05, 0.1) is 6.04 Å². The molecule has 2 atom stereocenters. The quantitative estimate of drug-likeness (QED) is 0.919. The van der Waals surface area contributed by atoms with Gasteiger partial charge in [0.15, 0.2) is 0 Å². The minimum absolute atomic E-state index is 0.00211. The summed E-state index contributed by atoms with van der Waals surface area (Å²) in [5, 5.41) is 3.16. The van der Waals surface area contributed by atoms with E-state index in [0.29, 0.717) is 6.61 Å². The smallest absolute Gasteiger partial charge is 0.249 e. The fourth-order valence-corrected chi connectivity index (χ4v) is 2.84. The predicted molar refractivity (Wildman–Crippen MR) is 86.4 cm³/mol. The zero-order chi connectivity index (χ0) is 15.2. The van der Waals surface area contributed by atoms with Crippen LogP contribution in [0.2, 0.25) is 0 Å². The van der Waals surface area contributed by atoms with Crippen molar-refractivity contribution < 1.29 is 9.53 Å².